The summed E-state index contributed by atoms with van der Waals surface area (Å²) in [6, 6.07) is 88.4. The van der Waals surface area contributed by atoms with Crippen molar-refractivity contribution in [2.24, 2.45) is 0 Å². The molecule has 12 rings (SSSR count). The predicted molar refractivity (Wildman–Crippen MR) is 262 cm³/mol. The third kappa shape index (κ3) is 5.96. The Kier molecular flexibility index (Phi) is 8.53. The van der Waals surface area contributed by atoms with E-state index in [1.165, 1.54) is 105 Å². The molecular formula is C60H40N2. The number of hydrogen-bond acceptors (Lipinski definition) is 0. The van der Waals surface area contributed by atoms with Gasteiger partial charge in [-0.15, -0.1) is 0 Å². The number of para-hydroxylation sites is 2. The summed E-state index contributed by atoms with van der Waals surface area (Å²) in [5, 5.41) is 4.95. The number of rotatable bonds is 7. The summed E-state index contributed by atoms with van der Waals surface area (Å²) in [5.41, 5.74) is 19.1. The number of aromatic nitrogens is 2. The summed E-state index contributed by atoms with van der Waals surface area (Å²) in [6.45, 7) is 0. The molecule has 2 aromatic heterocycles. The van der Waals surface area contributed by atoms with Crippen LogP contribution in [0.2, 0.25) is 0 Å². The first kappa shape index (κ1) is 35.7. The van der Waals surface area contributed by atoms with Crippen molar-refractivity contribution < 1.29 is 0 Å². The second kappa shape index (κ2) is 14.8. The molecule has 0 fully saturated rings. The molecule has 0 saturated heterocycles. The van der Waals surface area contributed by atoms with E-state index < -0.39 is 0 Å². The quantitative estimate of drug-likeness (QED) is 0.152. The first-order valence-electron chi connectivity index (χ1n) is 21.3. The Balaban J connectivity index is 1.07. The molecule has 0 spiro atoms. The van der Waals surface area contributed by atoms with Gasteiger partial charge in [-0.25, -0.2) is 0 Å². The molecule has 2 heterocycles. The van der Waals surface area contributed by atoms with Crippen molar-refractivity contribution in [1.29, 1.82) is 0 Å². The van der Waals surface area contributed by atoms with Crippen LogP contribution >= 0.6 is 0 Å². The first-order valence-corrected chi connectivity index (χ1v) is 21.3. The summed E-state index contributed by atoms with van der Waals surface area (Å²) >= 11 is 0. The van der Waals surface area contributed by atoms with Crippen LogP contribution in [0.25, 0.3) is 111 Å². The predicted octanol–water partition coefficient (Wildman–Crippen LogP) is 16.2. The van der Waals surface area contributed by atoms with Gasteiger partial charge in [0.2, 0.25) is 0 Å². The van der Waals surface area contributed by atoms with Crippen LogP contribution in [0.5, 0.6) is 0 Å². The molecule has 0 aliphatic carbocycles. The molecule has 2 nitrogen and oxygen atoms in total. The fraction of sp³-hybridized carbons (Fsp3) is 0. The highest BCUT2D eigenvalue weighted by atomic mass is 15.0. The number of hydrogen-bond donors (Lipinski definition) is 0. The maximum absolute atomic E-state index is 2.45. The maximum atomic E-state index is 2.45. The van der Waals surface area contributed by atoms with Crippen molar-refractivity contribution in [3.8, 4) is 67.0 Å². The van der Waals surface area contributed by atoms with Gasteiger partial charge in [0.1, 0.15) is 0 Å². The summed E-state index contributed by atoms with van der Waals surface area (Å²) < 4.78 is 4.89. The average Bonchev–Trinajstić information content (AvgIpc) is 3.87. The first-order chi connectivity index (χ1) is 30.8. The van der Waals surface area contributed by atoms with Crippen LogP contribution in [0.3, 0.4) is 0 Å². The molecule has 2 heteroatoms. The average molecular weight is 789 g/mol. The van der Waals surface area contributed by atoms with E-state index in [1.54, 1.807) is 0 Å². The molecule has 0 unspecified atom stereocenters. The molecule has 0 aliphatic heterocycles. The van der Waals surface area contributed by atoms with Gasteiger partial charge in [0, 0.05) is 32.8 Å². The molecule has 0 aliphatic rings. The Morgan fingerprint density at radius 3 is 1.45 bits per heavy atom. The normalized spacial score (nSPS) is 11.5. The van der Waals surface area contributed by atoms with Crippen molar-refractivity contribution in [2.45, 2.75) is 0 Å². The van der Waals surface area contributed by atoms with Crippen molar-refractivity contribution in [2.75, 3.05) is 0 Å². The smallest absolute Gasteiger partial charge is 0.0547 e. The van der Waals surface area contributed by atoms with Gasteiger partial charge in [0.05, 0.1) is 27.8 Å². The van der Waals surface area contributed by atoms with Crippen molar-refractivity contribution in [1.82, 2.24) is 9.13 Å². The van der Waals surface area contributed by atoms with Gasteiger partial charge in [-0.2, -0.15) is 0 Å². The topological polar surface area (TPSA) is 9.86 Å². The Labute approximate surface area is 360 Å². The minimum Gasteiger partial charge on any atom is -0.309 e. The largest absolute Gasteiger partial charge is 0.309 e. The van der Waals surface area contributed by atoms with E-state index in [0.717, 1.165) is 5.69 Å². The molecule has 10 aromatic carbocycles. The highest BCUT2D eigenvalue weighted by molar-refractivity contribution is 6.17. The van der Waals surface area contributed by atoms with Crippen LogP contribution in [0.15, 0.2) is 243 Å². The Hall–Kier alpha value is -8.20. The zero-order valence-corrected chi connectivity index (χ0v) is 34.0. The molecule has 0 N–H and O–H groups in total. The van der Waals surface area contributed by atoms with Gasteiger partial charge >= 0.3 is 0 Å². The molecule has 0 amide bonds. The van der Waals surface area contributed by atoms with Gasteiger partial charge in [0.15, 0.2) is 0 Å². The number of fused-ring (bicyclic) bond motifs is 6. The molecule has 0 atom stereocenters. The maximum Gasteiger partial charge on any atom is 0.0547 e. The third-order valence-corrected chi connectivity index (χ3v) is 12.5. The van der Waals surface area contributed by atoms with E-state index in [-0.39, 0.29) is 0 Å². The third-order valence-electron chi connectivity index (χ3n) is 12.5. The van der Waals surface area contributed by atoms with Gasteiger partial charge in [-0.1, -0.05) is 182 Å². The lowest BCUT2D eigenvalue weighted by Gasteiger charge is -2.14. The standard InChI is InChI=1S/C60H40N2/c1-4-17-41(18-5-1)44-23-14-25-48(37-44)51-29-16-32-59-60(51)54-40-47(34-36-58(54)61(59)49-26-15-24-45(38-49)42-19-6-2-7-20-42)46-33-35-57-53(39-46)52-28-11-13-31-56(52)62(57)55-30-12-10-27-50(55)43-21-8-3-9-22-43/h1-40H. The van der Waals surface area contributed by atoms with E-state index in [2.05, 4.69) is 252 Å². The lowest BCUT2D eigenvalue weighted by atomic mass is 9.95. The zero-order valence-electron chi connectivity index (χ0n) is 34.0. The number of nitrogens with zero attached hydrogens (tertiary/aromatic N) is 2. The molecule has 12 aromatic rings. The van der Waals surface area contributed by atoms with Crippen molar-refractivity contribution in [3.63, 3.8) is 0 Å². The monoisotopic (exact) mass is 788 g/mol. The molecule has 0 radical (unpaired) electrons. The molecule has 0 bridgehead atoms. The van der Waals surface area contributed by atoms with Gasteiger partial charge in [-0.05, 0) is 111 Å². The summed E-state index contributed by atoms with van der Waals surface area (Å²) in [6.07, 6.45) is 0. The van der Waals surface area contributed by atoms with E-state index >= 15 is 0 Å². The van der Waals surface area contributed by atoms with Crippen molar-refractivity contribution >= 4 is 43.6 Å². The second-order valence-electron chi connectivity index (χ2n) is 16.1. The van der Waals surface area contributed by atoms with Crippen LogP contribution in [0.4, 0.5) is 0 Å². The summed E-state index contributed by atoms with van der Waals surface area (Å²) in [4.78, 5) is 0. The van der Waals surface area contributed by atoms with E-state index in [0.29, 0.717) is 0 Å². The van der Waals surface area contributed by atoms with Crippen LogP contribution < -0.4 is 0 Å². The van der Waals surface area contributed by atoms with Crippen molar-refractivity contribution in [3.05, 3.63) is 243 Å². The lowest BCUT2D eigenvalue weighted by molar-refractivity contribution is 1.18. The Morgan fingerprint density at radius 2 is 0.710 bits per heavy atom. The Morgan fingerprint density at radius 1 is 0.226 bits per heavy atom. The Bertz CT molecular complexity index is 3610. The molecule has 290 valence electrons. The van der Waals surface area contributed by atoms with Gasteiger partial charge in [0.25, 0.3) is 0 Å². The zero-order chi connectivity index (χ0) is 41.0. The minimum atomic E-state index is 1.14. The minimum absolute atomic E-state index is 1.14. The molecular weight excluding hydrogens is 749 g/mol. The van der Waals surface area contributed by atoms with E-state index in [9.17, 15) is 0 Å². The molecule has 0 saturated carbocycles. The van der Waals surface area contributed by atoms with Crippen LogP contribution in [-0.4, -0.2) is 9.13 Å². The van der Waals surface area contributed by atoms with Gasteiger partial charge < -0.3 is 9.13 Å². The van der Waals surface area contributed by atoms with E-state index in [1.807, 2.05) is 0 Å². The highest BCUT2D eigenvalue weighted by Crippen LogP contribution is 2.43. The fourth-order valence-electron chi connectivity index (χ4n) is 9.66. The second-order valence-corrected chi connectivity index (χ2v) is 16.1. The number of benzene rings is 10. The van der Waals surface area contributed by atoms with Crippen LogP contribution in [-0.2, 0) is 0 Å². The lowest BCUT2D eigenvalue weighted by Crippen LogP contribution is -1.97. The summed E-state index contributed by atoms with van der Waals surface area (Å²) in [7, 11) is 0. The van der Waals surface area contributed by atoms with Crippen LogP contribution in [0, 0.1) is 0 Å². The van der Waals surface area contributed by atoms with Crippen LogP contribution in [0.1, 0.15) is 0 Å². The highest BCUT2D eigenvalue weighted by Gasteiger charge is 2.20. The van der Waals surface area contributed by atoms with E-state index in [4.69, 9.17) is 0 Å². The summed E-state index contributed by atoms with van der Waals surface area (Å²) in [5.74, 6) is 0. The fourth-order valence-corrected chi connectivity index (χ4v) is 9.66. The molecule has 62 heavy (non-hydrogen) atoms. The SMILES string of the molecule is c1ccc(-c2cccc(-c3cccc4c3c3cc(-c5ccc6c(c5)c5ccccc5n6-c5ccccc5-c5ccccc5)ccc3n4-c3cccc(-c4ccccc4)c3)c2)cc1. The van der Waals surface area contributed by atoms with Gasteiger partial charge in [-0.3, -0.25) is 0 Å².